The second-order valence-electron chi connectivity index (χ2n) is 9.63. The van der Waals surface area contributed by atoms with E-state index in [0.717, 1.165) is 25.7 Å². The zero-order valence-corrected chi connectivity index (χ0v) is 20.0. The first-order valence-electron chi connectivity index (χ1n) is 11.7. The van der Waals surface area contributed by atoms with Crippen LogP contribution in [0.4, 0.5) is 0 Å². The number of ketones is 2. The van der Waals surface area contributed by atoms with E-state index in [-0.39, 0.29) is 35.9 Å². The minimum absolute atomic E-state index is 0.0166. The fourth-order valence-electron chi connectivity index (χ4n) is 4.70. The quantitative estimate of drug-likeness (QED) is 0.334. The van der Waals surface area contributed by atoms with E-state index in [9.17, 15) is 24.6 Å². The Morgan fingerprint density at radius 3 is 2.35 bits per heavy atom. The Morgan fingerprint density at radius 1 is 1.16 bits per heavy atom. The molecule has 8 atom stereocenters. The van der Waals surface area contributed by atoms with E-state index in [1.54, 1.807) is 33.8 Å². The Bertz CT molecular complexity index is 628. The summed E-state index contributed by atoms with van der Waals surface area (Å²) in [6, 6.07) is 0. The van der Waals surface area contributed by atoms with E-state index in [2.05, 4.69) is 6.92 Å². The molecule has 1 aliphatic carbocycles. The van der Waals surface area contributed by atoms with Gasteiger partial charge < -0.3 is 14.9 Å². The van der Waals surface area contributed by atoms with Gasteiger partial charge >= 0.3 is 0 Å². The van der Waals surface area contributed by atoms with Crippen molar-refractivity contribution in [2.24, 2.45) is 29.6 Å². The molecule has 0 aliphatic heterocycles. The topological polar surface area (TPSA) is 101 Å². The maximum absolute atomic E-state index is 12.8. The van der Waals surface area contributed by atoms with Crippen molar-refractivity contribution in [2.75, 3.05) is 0 Å². The molecule has 0 radical (unpaired) electrons. The number of rotatable bonds is 13. The minimum atomic E-state index is -0.910. The number of Topliss-reactive ketones (excluding diaryl/α,β-unsaturated/α-hetero) is 2. The highest BCUT2D eigenvalue weighted by atomic mass is 16.5. The Hall–Kier alpha value is -1.53. The number of hydrogen-bond acceptors (Lipinski definition) is 6. The maximum atomic E-state index is 12.8. The molecule has 6 nitrogen and oxygen atoms in total. The summed E-state index contributed by atoms with van der Waals surface area (Å²) in [5.41, 5.74) is 0.603. The number of ether oxygens (including phenoxy) is 1. The number of carbonyl (C=O) groups excluding carboxylic acids is 3. The SMILES string of the molecule is CCC(=O)[C@H](C)[C@H](O)/C(C)=C/[C@@H](C)C(=O)C[C@H](OC=O)[C@H](C)C[C@@H]1CC[C@@H](O)[C@H](C)C1. The zero-order valence-electron chi connectivity index (χ0n) is 20.0. The normalized spacial score (nSPS) is 27.0. The highest BCUT2D eigenvalue weighted by Crippen LogP contribution is 2.34. The van der Waals surface area contributed by atoms with E-state index >= 15 is 0 Å². The smallest absolute Gasteiger partial charge is 0.293 e. The highest BCUT2D eigenvalue weighted by molar-refractivity contribution is 5.83. The van der Waals surface area contributed by atoms with E-state index in [0.29, 0.717) is 24.4 Å². The molecule has 178 valence electrons. The van der Waals surface area contributed by atoms with Gasteiger partial charge in [-0.1, -0.05) is 40.7 Å². The van der Waals surface area contributed by atoms with Gasteiger partial charge in [-0.05, 0) is 55.9 Å². The van der Waals surface area contributed by atoms with Crippen molar-refractivity contribution in [3.63, 3.8) is 0 Å². The van der Waals surface area contributed by atoms with Crippen LogP contribution in [0.1, 0.15) is 80.1 Å². The van der Waals surface area contributed by atoms with Crippen LogP contribution in [-0.4, -0.2) is 46.6 Å². The number of carbonyl (C=O) groups is 3. The van der Waals surface area contributed by atoms with E-state index in [1.165, 1.54) is 0 Å². The van der Waals surface area contributed by atoms with Crippen LogP contribution < -0.4 is 0 Å². The average molecular weight is 439 g/mol. The molecular formula is C25H42O6. The summed E-state index contributed by atoms with van der Waals surface area (Å²) in [5.74, 6) is -0.288. The van der Waals surface area contributed by atoms with Crippen molar-refractivity contribution in [1.82, 2.24) is 0 Å². The molecule has 0 aromatic rings. The lowest BCUT2D eigenvalue weighted by Crippen LogP contribution is -2.32. The molecule has 0 aromatic heterocycles. The van der Waals surface area contributed by atoms with Crippen LogP contribution in [0.2, 0.25) is 0 Å². The lowest BCUT2D eigenvalue weighted by atomic mass is 9.75. The summed E-state index contributed by atoms with van der Waals surface area (Å²) in [4.78, 5) is 35.7. The van der Waals surface area contributed by atoms with Crippen LogP contribution in [0.25, 0.3) is 0 Å². The van der Waals surface area contributed by atoms with E-state index in [1.807, 2.05) is 6.92 Å². The Balaban J connectivity index is 2.72. The monoisotopic (exact) mass is 438 g/mol. The predicted octanol–water partition coefficient (Wildman–Crippen LogP) is 3.87. The van der Waals surface area contributed by atoms with Crippen LogP contribution in [-0.2, 0) is 19.1 Å². The fourth-order valence-corrected chi connectivity index (χ4v) is 4.70. The van der Waals surface area contributed by atoms with Crippen molar-refractivity contribution in [3.8, 4) is 0 Å². The third-order valence-corrected chi connectivity index (χ3v) is 7.02. The molecule has 0 spiro atoms. The van der Waals surface area contributed by atoms with Gasteiger partial charge in [0.25, 0.3) is 6.47 Å². The molecule has 0 bridgehead atoms. The first kappa shape index (κ1) is 27.5. The van der Waals surface area contributed by atoms with Gasteiger partial charge in [0.05, 0.1) is 12.2 Å². The highest BCUT2D eigenvalue weighted by Gasteiger charge is 2.31. The van der Waals surface area contributed by atoms with Gasteiger partial charge in [0.2, 0.25) is 0 Å². The second kappa shape index (κ2) is 13.1. The van der Waals surface area contributed by atoms with Crippen molar-refractivity contribution >= 4 is 18.0 Å². The van der Waals surface area contributed by atoms with Gasteiger partial charge in [0.15, 0.2) is 0 Å². The molecule has 6 heteroatoms. The molecule has 1 fully saturated rings. The van der Waals surface area contributed by atoms with Gasteiger partial charge in [0, 0.05) is 24.7 Å². The lowest BCUT2D eigenvalue weighted by molar-refractivity contribution is -0.139. The molecule has 0 aromatic carbocycles. The van der Waals surface area contributed by atoms with Crippen LogP contribution in [0, 0.1) is 29.6 Å². The Morgan fingerprint density at radius 2 is 1.81 bits per heavy atom. The first-order valence-corrected chi connectivity index (χ1v) is 11.7. The van der Waals surface area contributed by atoms with Crippen molar-refractivity contribution in [2.45, 2.75) is 98.4 Å². The van der Waals surface area contributed by atoms with Gasteiger partial charge in [-0.25, -0.2) is 0 Å². The minimum Gasteiger partial charge on any atom is -0.464 e. The Labute approximate surface area is 187 Å². The van der Waals surface area contributed by atoms with Gasteiger partial charge in [-0.2, -0.15) is 0 Å². The summed E-state index contributed by atoms with van der Waals surface area (Å²) < 4.78 is 5.29. The average Bonchev–Trinajstić information content (AvgIpc) is 2.73. The lowest BCUT2D eigenvalue weighted by Gasteiger charge is -2.34. The van der Waals surface area contributed by atoms with E-state index in [4.69, 9.17) is 4.74 Å². The fraction of sp³-hybridized carbons (Fsp3) is 0.800. The first-order chi connectivity index (χ1) is 14.5. The third kappa shape index (κ3) is 8.49. The summed E-state index contributed by atoms with van der Waals surface area (Å²) in [7, 11) is 0. The summed E-state index contributed by atoms with van der Waals surface area (Å²) in [5, 5.41) is 20.3. The summed E-state index contributed by atoms with van der Waals surface area (Å²) in [6.07, 6.45) is 4.08. The number of allylic oxidation sites excluding steroid dienone is 1. The standard InChI is InChI=1S/C25H42O6/c1-7-21(27)19(6)25(30)18(5)10-15(2)23(29)13-24(31-14-26)17(4)12-20-8-9-22(28)16(3)11-20/h10,14-17,19-20,22,24-25,28,30H,7-9,11-13H2,1-6H3/b18-10+/t15-,16-,17-,19+,20-,22-,24+,25-/m1/s1. The van der Waals surface area contributed by atoms with Crippen LogP contribution >= 0.6 is 0 Å². The molecule has 2 N–H and O–H groups in total. The second-order valence-corrected chi connectivity index (χ2v) is 9.63. The van der Waals surface area contributed by atoms with Crippen molar-refractivity contribution in [1.29, 1.82) is 0 Å². The van der Waals surface area contributed by atoms with Crippen LogP contribution in [0.5, 0.6) is 0 Å². The number of hydrogen-bond donors (Lipinski definition) is 2. The molecule has 0 saturated heterocycles. The molecule has 1 rings (SSSR count). The maximum Gasteiger partial charge on any atom is 0.293 e. The molecule has 31 heavy (non-hydrogen) atoms. The predicted molar refractivity (Wildman–Crippen MR) is 120 cm³/mol. The van der Waals surface area contributed by atoms with Crippen molar-refractivity contribution in [3.05, 3.63) is 11.6 Å². The summed E-state index contributed by atoms with van der Waals surface area (Å²) in [6.45, 7) is 11.4. The summed E-state index contributed by atoms with van der Waals surface area (Å²) >= 11 is 0. The largest absolute Gasteiger partial charge is 0.464 e. The van der Waals surface area contributed by atoms with Gasteiger partial charge in [-0.3, -0.25) is 14.4 Å². The van der Waals surface area contributed by atoms with E-state index < -0.39 is 24.0 Å². The van der Waals surface area contributed by atoms with Gasteiger partial charge in [0.1, 0.15) is 17.7 Å². The number of aliphatic hydroxyl groups excluding tert-OH is 2. The molecule has 0 unspecified atom stereocenters. The molecular weight excluding hydrogens is 396 g/mol. The van der Waals surface area contributed by atoms with Crippen LogP contribution in [0.15, 0.2) is 11.6 Å². The molecule has 0 heterocycles. The van der Waals surface area contributed by atoms with Crippen molar-refractivity contribution < 1.29 is 29.3 Å². The molecule has 0 amide bonds. The third-order valence-electron chi connectivity index (χ3n) is 7.02. The Kier molecular flexibility index (Phi) is 11.6. The molecule has 1 saturated carbocycles. The van der Waals surface area contributed by atoms with Crippen LogP contribution in [0.3, 0.4) is 0 Å². The van der Waals surface area contributed by atoms with Gasteiger partial charge in [-0.15, -0.1) is 0 Å². The molecule has 1 aliphatic rings. The zero-order chi connectivity index (χ0) is 23.7. The number of aliphatic hydroxyl groups is 2.